The minimum absolute atomic E-state index is 0.358. The van der Waals surface area contributed by atoms with Gasteiger partial charge < -0.3 is 15.6 Å². The minimum atomic E-state index is -4.95. The molecule has 0 atom stereocenters. The zero-order chi connectivity index (χ0) is 10.9. The van der Waals surface area contributed by atoms with Gasteiger partial charge in [0.25, 0.3) is 0 Å². The average Bonchev–Trinajstić information content (AvgIpc) is 2.04. The molecule has 0 radical (unpaired) electrons. The average molecular weight is 229 g/mol. The van der Waals surface area contributed by atoms with E-state index >= 15 is 0 Å². The van der Waals surface area contributed by atoms with E-state index in [0.29, 0.717) is 6.20 Å². The first-order chi connectivity index (χ1) is 6.31. The second-order valence-electron chi connectivity index (χ2n) is 2.22. The molecule has 0 amide bonds. The van der Waals surface area contributed by atoms with Crippen LogP contribution in [0.15, 0.2) is 6.20 Å². The number of hydrogen-bond donors (Lipinski definition) is 2. The van der Waals surface area contributed by atoms with E-state index in [-0.39, 0.29) is 5.82 Å². The maximum absolute atomic E-state index is 11.8. The van der Waals surface area contributed by atoms with Crippen LogP contribution >= 0.6 is 11.6 Å². The van der Waals surface area contributed by atoms with Gasteiger partial charge in [-0.3, -0.25) is 0 Å². The van der Waals surface area contributed by atoms with Crippen molar-refractivity contribution in [1.29, 1.82) is 0 Å². The Hall–Kier alpha value is -1.37. The van der Waals surface area contributed by atoms with E-state index in [2.05, 4.69) is 9.72 Å². The Morgan fingerprint density at radius 3 is 2.57 bits per heavy atom. The van der Waals surface area contributed by atoms with Crippen LogP contribution in [0.25, 0.3) is 0 Å². The molecule has 0 aliphatic heterocycles. The van der Waals surface area contributed by atoms with Crippen LogP contribution < -0.4 is 10.5 Å². The predicted octanol–water partition coefficient (Wildman–Crippen LogP) is 1.92. The smallest absolute Gasteiger partial charge is 0.503 e. The number of nitrogen functional groups attached to an aromatic ring is 1. The quantitative estimate of drug-likeness (QED) is 0.771. The van der Waals surface area contributed by atoms with Crippen LogP contribution in [0.1, 0.15) is 0 Å². The Bertz CT molecular complexity index is 356. The van der Waals surface area contributed by atoms with Crippen molar-refractivity contribution in [2.45, 2.75) is 6.36 Å². The molecule has 1 aromatic heterocycles. The molecular formula is C6H4ClF3N2O2. The molecule has 1 aromatic rings. The number of halogens is 4. The van der Waals surface area contributed by atoms with Gasteiger partial charge in [-0.1, -0.05) is 11.6 Å². The summed E-state index contributed by atoms with van der Waals surface area (Å²) >= 11 is 5.33. The van der Waals surface area contributed by atoms with Gasteiger partial charge >= 0.3 is 6.36 Å². The zero-order valence-electron chi connectivity index (χ0n) is 6.47. The van der Waals surface area contributed by atoms with Crippen molar-refractivity contribution in [2.24, 2.45) is 0 Å². The number of alkyl halides is 3. The van der Waals surface area contributed by atoms with Crippen LogP contribution in [-0.4, -0.2) is 16.5 Å². The van der Waals surface area contributed by atoms with Crippen LogP contribution in [0.3, 0.4) is 0 Å². The van der Waals surface area contributed by atoms with Crippen molar-refractivity contribution in [1.82, 2.24) is 4.98 Å². The Kier molecular flexibility index (Phi) is 2.61. The first kappa shape index (κ1) is 10.7. The van der Waals surface area contributed by atoms with Gasteiger partial charge in [0, 0.05) is 0 Å². The predicted molar refractivity (Wildman–Crippen MR) is 42.0 cm³/mol. The van der Waals surface area contributed by atoms with Gasteiger partial charge in [0.05, 0.1) is 6.20 Å². The van der Waals surface area contributed by atoms with Gasteiger partial charge in [-0.25, -0.2) is 4.98 Å². The summed E-state index contributed by atoms with van der Waals surface area (Å²) in [6.45, 7) is 0. The lowest BCUT2D eigenvalue weighted by Crippen LogP contribution is -2.17. The summed E-state index contributed by atoms with van der Waals surface area (Å²) in [6, 6.07) is 0. The summed E-state index contributed by atoms with van der Waals surface area (Å²) in [5, 5.41) is 8.37. The van der Waals surface area contributed by atoms with Gasteiger partial charge in [0.15, 0.2) is 11.5 Å². The van der Waals surface area contributed by atoms with Gasteiger partial charge in [0.2, 0.25) is 0 Å². The molecule has 0 aliphatic rings. The molecular weight excluding hydrogens is 225 g/mol. The number of anilines is 1. The highest BCUT2D eigenvalue weighted by molar-refractivity contribution is 6.34. The zero-order valence-corrected chi connectivity index (χ0v) is 7.23. The van der Waals surface area contributed by atoms with E-state index in [1.807, 2.05) is 0 Å². The standard InChI is InChI=1S/C6H4ClF3N2O2/c7-3-4(14-6(8,9)10)2(13)1-12-5(3)11/h1,13H,(H2,11,12). The molecule has 1 rings (SSSR count). The number of rotatable bonds is 1. The lowest BCUT2D eigenvalue weighted by atomic mass is 10.4. The molecule has 1 heterocycles. The monoisotopic (exact) mass is 228 g/mol. The molecule has 0 aromatic carbocycles. The SMILES string of the molecule is Nc1ncc(O)c(OC(F)(F)F)c1Cl. The molecule has 4 nitrogen and oxygen atoms in total. The second-order valence-corrected chi connectivity index (χ2v) is 2.60. The van der Waals surface area contributed by atoms with E-state index in [1.54, 1.807) is 0 Å². The van der Waals surface area contributed by atoms with Gasteiger partial charge in [0.1, 0.15) is 10.8 Å². The lowest BCUT2D eigenvalue weighted by Gasteiger charge is -2.11. The third kappa shape index (κ3) is 2.32. The maximum atomic E-state index is 11.8. The fourth-order valence-corrected chi connectivity index (χ4v) is 0.872. The molecule has 0 saturated carbocycles. The van der Waals surface area contributed by atoms with Gasteiger partial charge in [-0.15, -0.1) is 13.2 Å². The molecule has 0 aliphatic carbocycles. The van der Waals surface area contributed by atoms with Crippen molar-refractivity contribution >= 4 is 17.4 Å². The largest absolute Gasteiger partial charge is 0.573 e. The highest BCUT2D eigenvalue weighted by Gasteiger charge is 2.34. The maximum Gasteiger partial charge on any atom is 0.573 e. The first-order valence-corrected chi connectivity index (χ1v) is 3.57. The van der Waals surface area contributed by atoms with E-state index < -0.39 is 22.9 Å². The van der Waals surface area contributed by atoms with E-state index in [1.165, 1.54) is 0 Å². The Balaban J connectivity index is 3.13. The fourth-order valence-electron chi connectivity index (χ4n) is 0.688. The number of nitrogens with two attached hydrogens (primary N) is 1. The number of nitrogens with zero attached hydrogens (tertiary/aromatic N) is 1. The third-order valence-electron chi connectivity index (χ3n) is 1.20. The van der Waals surface area contributed by atoms with Crippen LogP contribution in [0.2, 0.25) is 5.02 Å². The van der Waals surface area contributed by atoms with Gasteiger partial charge in [-0.2, -0.15) is 0 Å². The Morgan fingerprint density at radius 1 is 1.50 bits per heavy atom. The fraction of sp³-hybridized carbons (Fsp3) is 0.167. The Morgan fingerprint density at radius 2 is 2.07 bits per heavy atom. The van der Waals surface area contributed by atoms with E-state index in [9.17, 15) is 13.2 Å². The topological polar surface area (TPSA) is 68.4 Å². The molecule has 0 spiro atoms. The van der Waals surface area contributed by atoms with E-state index in [4.69, 9.17) is 22.4 Å². The summed E-state index contributed by atoms with van der Waals surface area (Å²) in [5.74, 6) is -2.14. The van der Waals surface area contributed by atoms with Crippen molar-refractivity contribution in [3.05, 3.63) is 11.2 Å². The van der Waals surface area contributed by atoms with Crippen molar-refractivity contribution < 1.29 is 23.0 Å². The second kappa shape index (κ2) is 3.41. The Labute approximate surface area is 81.1 Å². The van der Waals surface area contributed by atoms with Crippen molar-refractivity contribution in [2.75, 3.05) is 5.73 Å². The molecule has 0 saturated heterocycles. The molecule has 8 heteroatoms. The molecule has 14 heavy (non-hydrogen) atoms. The molecule has 0 unspecified atom stereocenters. The summed E-state index contributed by atoms with van der Waals surface area (Å²) in [7, 11) is 0. The molecule has 78 valence electrons. The number of hydrogen-bond acceptors (Lipinski definition) is 4. The molecule has 0 bridgehead atoms. The molecule has 3 N–H and O–H groups in total. The normalized spacial score (nSPS) is 11.4. The van der Waals surface area contributed by atoms with Gasteiger partial charge in [-0.05, 0) is 0 Å². The number of pyridine rings is 1. The lowest BCUT2D eigenvalue weighted by molar-refractivity contribution is -0.275. The minimum Gasteiger partial charge on any atom is -0.503 e. The number of aromatic hydroxyl groups is 1. The molecule has 0 fully saturated rings. The van der Waals surface area contributed by atoms with Crippen molar-refractivity contribution in [3.8, 4) is 11.5 Å². The van der Waals surface area contributed by atoms with Crippen LogP contribution in [0.5, 0.6) is 11.5 Å². The van der Waals surface area contributed by atoms with E-state index in [0.717, 1.165) is 0 Å². The van der Waals surface area contributed by atoms with Crippen LogP contribution in [-0.2, 0) is 0 Å². The summed E-state index contributed by atoms with van der Waals surface area (Å²) < 4.78 is 38.8. The summed E-state index contributed by atoms with van der Waals surface area (Å²) in [6.07, 6.45) is -4.24. The highest BCUT2D eigenvalue weighted by atomic mass is 35.5. The number of aromatic nitrogens is 1. The third-order valence-corrected chi connectivity index (χ3v) is 1.57. The summed E-state index contributed by atoms with van der Waals surface area (Å²) in [5.41, 5.74) is 5.11. The van der Waals surface area contributed by atoms with Crippen LogP contribution in [0.4, 0.5) is 19.0 Å². The van der Waals surface area contributed by atoms with Crippen LogP contribution in [0, 0.1) is 0 Å². The van der Waals surface area contributed by atoms with Crippen molar-refractivity contribution in [3.63, 3.8) is 0 Å². The highest BCUT2D eigenvalue weighted by Crippen LogP contribution is 2.39. The number of ether oxygens (including phenoxy) is 1. The first-order valence-electron chi connectivity index (χ1n) is 3.20. The summed E-state index contributed by atoms with van der Waals surface area (Å²) in [4.78, 5) is 3.32.